The van der Waals surface area contributed by atoms with Crippen LogP contribution in [0.4, 0.5) is 0 Å². The van der Waals surface area contributed by atoms with Gasteiger partial charge in [-0.1, -0.05) is 18.0 Å². The third-order valence-electron chi connectivity index (χ3n) is 5.75. The van der Waals surface area contributed by atoms with E-state index in [0.29, 0.717) is 17.2 Å². The number of amides is 1. The number of carbonyl (C=O) groups is 1. The Labute approximate surface area is 135 Å². The van der Waals surface area contributed by atoms with Gasteiger partial charge in [-0.15, -0.1) is 0 Å². The first kappa shape index (κ1) is 14.7. The summed E-state index contributed by atoms with van der Waals surface area (Å²) in [6.07, 6.45) is 6.69. The van der Waals surface area contributed by atoms with Crippen molar-refractivity contribution in [2.75, 3.05) is 6.54 Å². The number of aromatic nitrogens is 2. The van der Waals surface area contributed by atoms with E-state index in [1.165, 1.54) is 32.1 Å². The Balaban J connectivity index is 1.52. The van der Waals surface area contributed by atoms with Crippen molar-refractivity contribution in [3.05, 3.63) is 23.0 Å². The van der Waals surface area contributed by atoms with Gasteiger partial charge in [0.2, 0.25) is 0 Å². The van der Waals surface area contributed by atoms with Crippen molar-refractivity contribution in [1.29, 1.82) is 0 Å². The van der Waals surface area contributed by atoms with Crippen LogP contribution in [0, 0.1) is 31.6 Å². The van der Waals surface area contributed by atoms with Crippen LogP contribution in [0.3, 0.4) is 0 Å². The molecular formula is C18H23N3O2. The number of nitrogens with one attached hydrogen (secondary N) is 1. The maximum atomic E-state index is 12.7. The van der Waals surface area contributed by atoms with Crippen LogP contribution in [-0.2, 0) is 0 Å². The molecule has 4 rings (SSSR count). The van der Waals surface area contributed by atoms with E-state index in [1.54, 1.807) is 0 Å². The van der Waals surface area contributed by atoms with Gasteiger partial charge < -0.3 is 9.84 Å². The number of nitrogens with zero attached hydrogens (tertiary/aromatic N) is 2. The molecule has 122 valence electrons. The summed E-state index contributed by atoms with van der Waals surface area (Å²) in [6, 6.07) is 1.83. The number of carbonyl (C=O) groups excluding carboxylic acids is 1. The van der Waals surface area contributed by atoms with Crippen molar-refractivity contribution in [3.63, 3.8) is 0 Å². The zero-order valence-electron chi connectivity index (χ0n) is 13.8. The van der Waals surface area contributed by atoms with Crippen molar-refractivity contribution in [1.82, 2.24) is 15.5 Å². The average Bonchev–Trinajstić information content (AvgIpc) is 3.21. The fourth-order valence-corrected chi connectivity index (χ4v) is 4.66. The highest BCUT2D eigenvalue weighted by Crippen LogP contribution is 2.47. The molecule has 2 aromatic heterocycles. The SMILES string of the molecule is Cc1cc(C(=O)NC[C@H]2CC[C@@H]3CCC[C@@H]32)c2c(C)noc2n1. The number of hydrogen-bond acceptors (Lipinski definition) is 4. The minimum Gasteiger partial charge on any atom is -0.352 e. The first-order valence-electron chi connectivity index (χ1n) is 8.65. The molecule has 2 fully saturated rings. The molecule has 0 unspecified atom stereocenters. The molecular weight excluding hydrogens is 290 g/mol. The van der Waals surface area contributed by atoms with E-state index in [-0.39, 0.29) is 5.91 Å². The van der Waals surface area contributed by atoms with E-state index in [9.17, 15) is 4.79 Å². The van der Waals surface area contributed by atoms with E-state index in [4.69, 9.17) is 4.52 Å². The van der Waals surface area contributed by atoms with Crippen LogP contribution in [0.15, 0.2) is 10.6 Å². The lowest BCUT2D eigenvalue weighted by molar-refractivity contribution is 0.0944. The van der Waals surface area contributed by atoms with Gasteiger partial charge in [0.05, 0.1) is 16.6 Å². The molecule has 0 aromatic carbocycles. The first-order chi connectivity index (χ1) is 11.1. The number of fused-ring (bicyclic) bond motifs is 2. The highest BCUT2D eigenvalue weighted by Gasteiger charge is 2.38. The maximum absolute atomic E-state index is 12.7. The molecule has 1 amide bonds. The molecule has 2 aliphatic carbocycles. The summed E-state index contributed by atoms with van der Waals surface area (Å²) >= 11 is 0. The Morgan fingerprint density at radius 3 is 3.04 bits per heavy atom. The lowest BCUT2D eigenvalue weighted by Gasteiger charge is -2.19. The maximum Gasteiger partial charge on any atom is 0.258 e. The van der Waals surface area contributed by atoms with Gasteiger partial charge >= 0.3 is 0 Å². The zero-order valence-corrected chi connectivity index (χ0v) is 13.8. The van der Waals surface area contributed by atoms with Gasteiger partial charge in [-0.05, 0) is 56.9 Å². The molecule has 2 heterocycles. The van der Waals surface area contributed by atoms with E-state index in [2.05, 4.69) is 15.5 Å². The number of rotatable bonds is 3. The smallest absolute Gasteiger partial charge is 0.258 e. The van der Waals surface area contributed by atoms with E-state index in [1.807, 2.05) is 19.9 Å². The van der Waals surface area contributed by atoms with Crippen molar-refractivity contribution in [3.8, 4) is 0 Å². The van der Waals surface area contributed by atoms with Crippen molar-refractivity contribution in [2.24, 2.45) is 17.8 Å². The van der Waals surface area contributed by atoms with Gasteiger partial charge in [0, 0.05) is 12.2 Å². The topological polar surface area (TPSA) is 68.0 Å². The molecule has 2 aromatic rings. The Morgan fingerprint density at radius 1 is 1.30 bits per heavy atom. The molecule has 0 aliphatic heterocycles. The molecule has 5 heteroatoms. The molecule has 1 N–H and O–H groups in total. The average molecular weight is 313 g/mol. The van der Waals surface area contributed by atoms with Crippen molar-refractivity contribution in [2.45, 2.75) is 46.0 Å². The number of aryl methyl sites for hydroxylation is 2. The second kappa shape index (κ2) is 5.62. The zero-order chi connectivity index (χ0) is 16.0. The Kier molecular flexibility index (Phi) is 3.58. The monoisotopic (exact) mass is 313 g/mol. The van der Waals surface area contributed by atoms with Crippen LogP contribution in [0.25, 0.3) is 11.1 Å². The van der Waals surface area contributed by atoms with Crippen LogP contribution >= 0.6 is 0 Å². The Hall–Kier alpha value is -1.91. The van der Waals surface area contributed by atoms with E-state index in [0.717, 1.165) is 35.2 Å². The van der Waals surface area contributed by atoms with Gasteiger partial charge in [0.15, 0.2) is 0 Å². The predicted octanol–water partition coefficient (Wildman–Crippen LogP) is 3.40. The number of pyridine rings is 1. The summed E-state index contributed by atoms with van der Waals surface area (Å²) in [4.78, 5) is 17.0. The molecule has 2 saturated carbocycles. The second-order valence-electron chi connectivity index (χ2n) is 7.16. The summed E-state index contributed by atoms with van der Waals surface area (Å²) in [7, 11) is 0. The van der Waals surface area contributed by atoms with Crippen LogP contribution in [0.1, 0.15) is 53.8 Å². The summed E-state index contributed by atoms with van der Waals surface area (Å²) in [5, 5.41) is 7.83. The molecule has 2 aliphatic rings. The third-order valence-corrected chi connectivity index (χ3v) is 5.75. The third kappa shape index (κ3) is 2.52. The van der Waals surface area contributed by atoms with Crippen LogP contribution < -0.4 is 5.32 Å². The first-order valence-corrected chi connectivity index (χ1v) is 8.65. The molecule has 23 heavy (non-hydrogen) atoms. The van der Waals surface area contributed by atoms with Crippen LogP contribution in [0.5, 0.6) is 0 Å². The predicted molar refractivity (Wildman–Crippen MR) is 87.2 cm³/mol. The van der Waals surface area contributed by atoms with Gasteiger partial charge in [-0.3, -0.25) is 4.79 Å². The highest BCUT2D eigenvalue weighted by atomic mass is 16.5. The van der Waals surface area contributed by atoms with Crippen molar-refractivity contribution >= 4 is 17.0 Å². The molecule has 0 radical (unpaired) electrons. The molecule has 5 nitrogen and oxygen atoms in total. The lowest BCUT2D eigenvalue weighted by atomic mass is 9.92. The van der Waals surface area contributed by atoms with Gasteiger partial charge in [0.25, 0.3) is 11.6 Å². The summed E-state index contributed by atoms with van der Waals surface area (Å²) in [6.45, 7) is 4.50. The van der Waals surface area contributed by atoms with E-state index >= 15 is 0 Å². The molecule has 3 atom stereocenters. The van der Waals surface area contributed by atoms with Gasteiger partial charge in [-0.25, -0.2) is 4.98 Å². The largest absolute Gasteiger partial charge is 0.352 e. The summed E-state index contributed by atoms with van der Waals surface area (Å²) in [5.41, 5.74) is 2.57. The normalized spacial score (nSPS) is 26.6. The van der Waals surface area contributed by atoms with Gasteiger partial charge in [-0.2, -0.15) is 0 Å². The van der Waals surface area contributed by atoms with Crippen molar-refractivity contribution < 1.29 is 9.32 Å². The van der Waals surface area contributed by atoms with Gasteiger partial charge in [0.1, 0.15) is 0 Å². The van der Waals surface area contributed by atoms with E-state index < -0.39 is 0 Å². The minimum atomic E-state index is -0.0340. The van der Waals surface area contributed by atoms with Crippen LogP contribution in [-0.4, -0.2) is 22.6 Å². The number of hydrogen-bond donors (Lipinski definition) is 1. The standard InChI is InChI=1S/C18H23N3O2/c1-10-8-15(16-11(2)21-23-18(16)20-10)17(22)19-9-13-7-6-12-4-3-5-14(12)13/h8,12-14H,3-7,9H2,1-2H3,(H,19,22)/t12-,13+,14-/m0/s1. The fourth-order valence-electron chi connectivity index (χ4n) is 4.66. The molecule has 0 spiro atoms. The summed E-state index contributed by atoms with van der Waals surface area (Å²) in [5.74, 6) is 2.35. The summed E-state index contributed by atoms with van der Waals surface area (Å²) < 4.78 is 5.21. The molecule has 0 bridgehead atoms. The lowest BCUT2D eigenvalue weighted by Crippen LogP contribution is -2.31. The second-order valence-corrected chi connectivity index (χ2v) is 7.16. The molecule has 0 saturated heterocycles. The Bertz CT molecular complexity index is 752. The highest BCUT2D eigenvalue weighted by molar-refractivity contribution is 6.06. The minimum absolute atomic E-state index is 0.0340. The Morgan fingerprint density at radius 2 is 2.17 bits per heavy atom. The quantitative estimate of drug-likeness (QED) is 0.943. The fraction of sp³-hybridized carbons (Fsp3) is 0.611. The van der Waals surface area contributed by atoms with Crippen LogP contribution in [0.2, 0.25) is 0 Å².